The third-order valence-electron chi connectivity index (χ3n) is 7.59. The molecule has 6 rings (SSSR count). The van der Waals surface area contributed by atoms with Crippen LogP contribution in [0.2, 0.25) is 0 Å². The molecule has 40 heavy (non-hydrogen) atoms. The van der Waals surface area contributed by atoms with Crippen LogP contribution < -0.4 is 21.0 Å². The summed E-state index contributed by atoms with van der Waals surface area (Å²) in [5.74, 6) is -3.31. The van der Waals surface area contributed by atoms with Gasteiger partial charge in [0.15, 0.2) is 0 Å². The monoisotopic (exact) mass is 571 g/mol. The van der Waals surface area contributed by atoms with Gasteiger partial charge in [0.1, 0.15) is 35.1 Å². The first kappa shape index (κ1) is 26.3. The van der Waals surface area contributed by atoms with Gasteiger partial charge in [0, 0.05) is 55.1 Å². The molecular formula is C26H26FN5O7S. The molecule has 1 aromatic carbocycles. The topological polar surface area (TPSA) is 150 Å². The van der Waals surface area contributed by atoms with Gasteiger partial charge >= 0.3 is 11.9 Å². The van der Waals surface area contributed by atoms with Gasteiger partial charge in [-0.25, -0.2) is 14.0 Å². The lowest BCUT2D eigenvalue weighted by Crippen LogP contribution is -2.69. The van der Waals surface area contributed by atoms with Crippen LogP contribution in [0.3, 0.4) is 0 Å². The van der Waals surface area contributed by atoms with Crippen LogP contribution in [0.1, 0.15) is 29.2 Å². The summed E-state index contributed by atoms with van der Waals surface area (Å²) < 4.78 is 22.4. The normalized spacial score (nSPS) is 22.6. The van der Waals surface area contributed by atoms with E-state index in [2.05, 4.69) is 10.6 Å². The van der Waals surface area contributed by atoms with Crippen LogP contribution in [-0.2, 0) is 19.1 Å². The quantitative estimate of drug-likeness (QED) is 0.231. The van der Waals surface area contributed by atoms with Gasteiger partial charge in [-0.15, -0.1) is 11.8 Å². The molecule has 1 saturated carbocycles. The summed E-state index contributed by atoms with van der Waals surface area (Å²) in [6.07, 6.45) is 3.53. The van der Waals surface area contributed by atoms with Crippen molar-refractivity contribution < 1.29 is 33.4 Å². The number of halogens is 1. The minimum absolute atomic E-state index is 0.0642. The second-order valence-electron chi connectivity index (χ2n) is 10.1. The molecule has 0 radical (unpaired) electrons. The van der Waals surface area contributed by atoms with E-state index < -0.39 is 47.1 Å². The van der Waals surface area contributed by atoms with Crippen LogP contribution in [-0.4, -0.2) is 88.8 Å². The number of anilines is 1. The minimum atomic E-state index is -1.37. The molecule has 1 aromatic heterocycles. The summed E-state index contributed by atoms with van der Waals surface area (Å²) in [4.78, 5) is 64.7. The number of esters is 1. The Labute approximate surface area is 231 Å². The number of benzene rings is 1. The molecule has 0 spiro atoms. The molecule has 4 aliphatic rings. The summed E-state index contributed by atoms with van der Waals surface area (Å²) >= 11 is 1.23. The van der Waals surface area contributed by atoms with E-state index in [1.165, 1.54) is 24.0 Å². The van der Waals surface area contributed by atoms with Crippen molar-refractivity contribution in [2.24, 2.45) is 0 Å². The second-order valence-corrected chi connectivity index (χ2v) is 11.2. The molecule has 1 aliphatic carbocycles. The highest BCUT2D eigenvalue weighted by atomic mass is 32.2. The lowest BCUT2D eigenvalue weighted by molar-refractivity contribution is -0.149. The number of rotatable bonds is 8. The fourth-order valence-corrected chi connectivity index (χ4v) is 6.76. The van der Waals surface area contributed by atoms with Crippen molar-refractivity contribution in [1.29, 1.82) is 0 Å². The van der Waals surface area contributed by atoms with Crippen molar-refractivity contribution in [1.82, 2.24) is 20.1 Å². The summed E-state index contributed by atoms with van der Waals surface area (Å²) in [7, 11) is 0. The van der Waals surface area contributed by atoms with E-state index >= 15 is 4.39 Å². The number of aromatic nitrogens is 1. The number of aliphatic carboxylic acids is 1. The van der Waals surface area contributed by atoms with Crippen molar-refractivity contribution in [3.8, 4) is 0 Å². The van der Waals surface area contributed by atoms with Crippen LogP contribution in [0.5, 0.6) is 0 Å². The van der Waals surface area contributed by atoms with Crippen LogP contribution >= 0.6 is 11.8 Å². The van der Waals surface area contributed by atoms with Gasteiger partial charge in [-0.1, -0.05) is 0 Å². The largest absolute Gasteiger partial charge is 0.477 e. The first-order valence-electron chi connectivity index (χ1n) is 12.9. The number of hydrogen-bond donors (Lipinski definition) is 3. The Morgan fingerprint density at radius 2 is 1.98 bits per heavy atom. The molecule has 0 bridgehead atoms. The van der Waals surface area contributed by atoms with Gasteiger partial charge in [0.05, 0.1) is 11.2 Å². The number of amides is 2. The number of nitrogens with zero attached hydrogens (tertiary/aromatic N) is 3. The molecule has 210 valence electrons. The molecule has 2 aromatic rings. The van der Waals surface area contributed by atoms with E-state index in [1.807, 2.05) is 9.47 Å². The number of ether oxygens (including phenoxy) is 1. The van der Waals surface area contributed by atoms with Crippen LogP contribution in [0, 0.1) is 5.82 Å². The molecule has 2 unspecified atom stereocenters. The lowest BCUT2D eigenvalue weighted by Gasteiger charge is -2.48. The third kappa shape index (κ3) is 4.40. The Kier molecular flexibility index (Phi) is 6.74. The van der Waals surface area contributed by atoms with Gasteiger partial charge in [0.2, 0.25) is 11.8 Å². The van der Waals surface area contributed by atoms with Crippen molar-refractivity contribution >= 4 is 52.6 Å². The van der Waals surface area contributed by atoms with Crippen LogP contribution in [0.25, 0.3) is 10.9 Å². The highest BCUT2D eigenvalue weighted by Gasteiger charge is 2.53. The van der Waals surface area contributed by atoms with Gasteiger partial charge in [-0.3, -0.25) is 19.3 Å². The van der Waals surface area contributed by atoms with Gasteiger partial charge in [-0.05, 0) is 25.0 Å². The summed E-state index contributed by atoms with van der Waals surface area (Å²) in [5.41, 5.74) is -0.113. The van der Waals surface area contributed by atoms with E-state index in [0.29, 0.717) is 30.7 Å². The maximum absolute atomic E-state index is 15.2. The Bertz CT molecular complexity index is 1530. The number of carbonyl (C=O) groups is 4. The molecule has 4 heterocycles. The Morgan fingerprint density at radius 1 is 1.23 bits per heavy atom. The number of thioether (sulfide) groups is 1. The van der Waals surface area contributed by atoms with E-state index in [0.717, 1.165) is 30.8 Å². The Hall–Kier alpha value is -3.91. The van der Waals surface area contributed by atoms with E-state index in [9.17, 15) is 29.1 Å². The summed E-state index contributed by atoms with van der Waals surface area (Å²) in [6, 6.07) is 2.08. The van der Waals surface area contributed by atoms with Crippen molar-refractivity contribution in [2.75, 3.05) is 43.4 Å². The number of fused-ring (bicyclic) bond motifs is 2. The zero-order chi connectivity index (χ0) is 28.1. The first-order valence-corrected chi connectivity index (χ1v) is 14.0. The van der Waals surface area contributed by atoms with E-state index in [4.69, 9.17) is 4.74 Å². The standard InChI is InChI=1S/C26H26FN5O7S/c27-17-7-15-18(8-19(17)30-5-3-28-4-6-30)31(14-1-2-14)9-16(22(15)34)26(38)39-10-13-11-40-24-20(29-12-33)23(35)32(24)21(13)25(36)37/h7-9,12,14,20,24,28H,1-6,10-11H2,(H,29,33)(H,36,37). The maximum Gasteiger partial charge on any atom is 0.352 e. The zero-order valence-electron chi connectivity index (χ0n) is 21.2. The predicted molar refractivity (Wildman–Crippen MR) is 143 cm³/mol. The van der Waals surface area contributed by atoms with Crippen LogP contribution in [0.4, 0.5) is 10.1 Å². The zero-order valence-corrected chi connectivity index (χ0v) is 22.0. The molecular weight excluding hydrogens is 545 g/mol. The second kappa shape index (κ2) is 10.2. The maximum atomic E-state index is 15.2. The number of carboxylic acids is 1. The number of hydrogen-bond acceptors (Lipinski definition) is 9. The van der Waals surface area contributed by atoms with Gasteiger partial charge in [-0.2, -0.15) is 0 Å². The Morgan fingerprint density at radius 3 is 2.65 bits per heavy atom. The summed E-state index contributed by atoms with van der Waals surface area (Å²) in [6.45, 7) is 2.25. The smallest absolute Gasteiger partial charge is 0.352 e. The predicted octanol–water partition coefficient (Wildman–Crippen LogP) is 0.410. The molecule has 3 N–H and O–H groups in total. The van der Waals surface area contributed by atoms with Crippen molar-refractivity contribution in [3.05, 3.63) is 51.2 Å². The molecule has 12 nitrogen and oxygen atoms in total. The highest BCUT2D eigenvalue weighted by Crippen LogP contribution is 2.41. The number of carboxylic acid groups (broad SMARTS) is 1. The molecule has 14 heteroatoms. The van der Waals surface area contributed by atoms with E-state index in [-0.39, 0.29) is 34.0 Å². The number of nitrogens with one attached hydrogen (secondary N) is 2. The average Bonchev–Trinajstić information content (AvgIpc) is 3.80. The molecule has 3 fully saturated rings. The van der Waals surface area contributed by atoms with Gasteiger partial charge in [0.25, 0.3) is 5.91 Å². The molecule has 2 amide bonds. The molecule has 3 aliphatic heterocycles. The fraction of sp³-hybridized carbons (Fsp3) is 0.423. The third-order valence-corrected chi connectivity index (χ3v) is 8.93. The number of piperazine rings is 1. The molecule has 2 atom stereocenters. The number of carbonyl (C=O) groups excluding carboxylic acids is 3. The fourth-order valence-electron chi connectivity index (χ4n) is 5.43. The lowest BCUT2D eigenvalue weighted by atomic mass is 10.0. The number of pyridine rings is 1. The first-order chi connectivity index (χ1) is 19.3. The van der Waals surface area contributed by atoms with Crippen molar-refractivity contribution in [3.63, 3.8) is 0 Å². The summed E-state index contributed by atoms with van der Waals surface area (Å²) in [5, 5.41) is 14.9. The number of β-lactam (4-membered cyclic amide) rings is 1. The SMILES string of the molecule is O=CNC1C(=O)N2C(C(=O)O)=C(COC(=O)c3cn(C4CC4)c4cc(N5CCNCC5)c(F)cc4c3=O)CSC12. The average molecular weight is 572 g/mol. The molecule has 2 saturated heterocycles. The minimum Gasteiger partial charge on any atom is -0.477 e. The highest BCUT2D eigenvalue weighted by molar-refractivity contribution is 8.00. The van der Waals surface area contributed by atoms with Gasteiger partial charge < -0.3 is 29.9 Å². The Balaban J connectivity index is 1.29. The van der Waals surface area contributed by atoms with Crippen molar-refractivity contribution in [2.45, 2.75) is 30.3 Å². The van der Waals surface area contributed by atoms with Crippen LogP contribution in [0.15, 0.2) is 34.4 Å². The van der Waals surface area contributed by atoms with E-state index in [1.54, 1.807) is 6.07 Å².